The molecule has 2 rings (SSSR count). The van der Waals surface area contributed by atoms with Crippen LogP contribution in [-0.2, 0) is 14.0 Å². The van der Waals surface area contributed by atoms with Crippen molar-refractivity contribution in [3.05, 3.63) is 21.6 Å². The highest BCUT2D eigenvalue weighted by atomic mass is 32.1. The van der Waals surface area contributed by atoms with Crippen molar-refractivity contribution >= 4 is 36.6 Å². The van der Waals surface area contributed by atoms with Gasteiger partial charge in [0.1, 0.15) is 5.60 Å². The number of ether oxygens (including phenoxy) is 1. The number of thiazole rings is 1. The number of carboxylic acid groups (broad SMARTS) is 1. The summed E-state index contributed by atoms with van der Waals surface area (Å²) < 4.78 is 17.4. The number of nitrogens with one attached hydrogen (secondary N) is 1. The number of carbonyl (C=O) groups excluding carboxylic acids is 1. The molecule has 154 valence electrons. The first kappa shape index (κ1) is 22.4. The Balaban J connectivity index is 2.29. The number of hydrogen-bond donors (Lipinski definition) is 2. The maximum Gasteiger partial charge on any atom is 0.492 e. The van der Waals surface area contributed by atoms with Crippen molar-refractivity contribution in [1.29, 1.82) is 0 Å². The molecule has 0 atom stereocenters. The van der Waals surface area contributed by atoms with Crippen LogP contribution < -0.4 is 5.32 Å². The highest BCUT2D eigenvalue weighted by Crippen LogP contribution is 2.39. The van der Waals surface area contributed by atoms with Crippen molar-refractivity contribution < 1.29 is 28.7 Å². The van der Waals surface area contributed by atoms with Gasteiger partial charge in [0.05, 0.1) is 21.6 Å². The normalized spacial score (nSPS) is 18.8. The Kier molecular flexibility index (Phi) is 6.27. The number of alkyl carbamates (subject to hydrolysis) is 1. The fraction of sp³-hybridized carbons (Fsp3) is 0.611. The van der Waals surface area contributed by atoms with Gasteiger partial charge in [-0.15, -0.1) is 11.3 Å². The molecule has 0 radical (unpaired) electrons. The first-order valence-corrected chi connectivity index (χ1v) is 9.79. The Morgan fingerprint density at radius 1 is 1.29 bits per heavy atom. The van der Waals surface area contributed by atoms with Crippen LogP contribution in [-0.4, -0.2) is 52.6 Å². The molecule has 1 aliphatic heterocycles. The highest BCUT2D eigenvalue weighted by molar-refractivity contribution is 7.11. The van der Waals surface area contributed by atoms with Gasteiger partial charge in [-0.1, -0.05) is 0 Å². The van der Waals surface area contributed by atoms with Crippen molar-refractivity contribution in [2.75, 3.05) is 6.54 Å². The molecule has 1 amide bonds. The van der Waals surface area contributed by atoms with Crippen molar-refractivity contribution in [2.24, 2.45) is 0 Å². The van der Waals surface area contributed by atoms with Gasteiger partial charge in [-0.25, -0.2) is 14.6 Å². The van der Waals surface area contributed by atoms with Crippen LogP contribution in [0.25, 0.3) is 6.08 Å². The molecule has 0 bridgehead atoms. The Morgan fingerprint density at radius 2 is 1.86 bits per heavy atom. The van der Waals surface area contributed by atoms with Gasteiger partial charge in [-0.05, 0) is 60.0 Å². The SMILES string of the molecule is CC(C)(C)OC(=O)NCC(=Cc1scnc1C(=O)O)B1OC(C)(C)C(C)(C)O1. The molecule has 28 heavy (non-hydrogen) atoms. The second kappa shape index (κ2) is 7.84. The van der Waals surface area contributed by atoms with Crippen LogP contribution in [0.2, 0.25) is 0 Å². The molecule has 1 aromatic rings. The lowest BCUT2D eigenvalue weighted by atomic mass is 9.77. The molecule has 1 fully saturated rings. The second-order valence-corrected chi connectivity index (χ2v) is 9.42. The number of rotatable bonds is 5. The summed E-state index contributed by atoms with van der Waals surface area (Å²) in [4.78, 5) is 27.8. The van der Waals surface area contributed by atoms with E-state index in [-0.39, 0.29) is 12.2 Å². The Bertz CT molecular complexity index is 765. The monoisotopic (exact) mass is 410 g/mol. The van der Waals surface area contributed by atoms with E-state index in [1.807, 2.05) is 27.7 Å². The molecule has 2 heterocycles. The number of aromatic carboxylic acids is 1. The number of aromatic nitrogens is 1. The van der Waals surface area contributed by atoms with Crippen molar-refractivity contribution in [2.45, 2.75) is 65.3 Å². The summed E-state index contributed by atoms with van der Waals surface area (Å²) in [5.74, 6) is -1.12. The van der Waals surface area contributed by atoms with Crippen molar-refractivity contribution in [3.8, 4) is 0 Å². The minimum atomic E-state index is -1.12. The summed E-state index contributed by atoms with van der Waals surface area (Å²) in [6, 6.07) is 0. The number of carboxylic acids is 1. The van der Waals surface area contributed by atoms with E-state index in [9.17, 15) is 14.7 Å². The van der Waals surface area contributed by atoms with E-state index in [0.717, 1.165) is 0 Å². The van der Waals surface area contributed by atoms with E-state index < -0.39 is 36.0 Å². The van der Waals surface area contributed by atoms with Gasteiger partial charge >= 0.3 is 19.2 Å². The van der Waals surface area contributed by atoms with Crippen LogP contribution in [0.1, 0.15) is 63.8 Å². The zero-order valence-electron chi connectivity index (χ0n) is 17.3. The van der Waals surface area contributed by atoms with Crippen LogP contribution in [0.15, 0.2) is 11.0 Å². The lowest BCUT2D eigenvalue weighted by Gasteiger charge is -2.32. The summed E-state index contributed by atoms with van der Waals surface area (Å²) >= 11 is 1.19. The maximum absolute atomic E-state index is 12.1. The zero-order chi connectivity index (χ0) is 21.3. The third-order valence-corrected chi connectivity index (χ3v) is 5.28. The summed E-state index contributed by atoms with van der Waals surface area (Å²) in [7, 11) is -0.747. The molecular formula is C18H27BN2O6S. The summed E-state index contributed by atoms with van der Waals surface area (Å²) in [6.07, 6.45) is 1.05. The molecule has 0 aliphatic carbocycles. The first-order valence-electron chi connectivity index (χ1n) is 8.91. The van der Waals surface area contributed by atoms with E-state index in [1.54, 1.807) is 26.8 Å². The van der Waals surface area contributed by atoms with Crippen molar-refractivity contribution in [1.82, 2.24) is 10.3 Å². The number of amides is 1. The maximum atomic E-state index is 12.1. The molecule has 0 saturated carbocycles. The van der Waals surface area contributed by atoms with Gasteiger partial charge < -0.3 is 24.5 Å². The Morgan fingerprint density at radius 3 is 2.36 bits per heavy atom. The standard InChI is InChI=1S/C18H27BN2O6S/c1-16(2,3)25-15(24)20-9-11(8-12-13(14(22)23)21-10-28-12)19-26-17(4,5)18(6,7)27-19/h8,10H,9H2,1-7H3,(H,20,24)(H,22,23). The fourth-order valence-corrected chi connectivity index (χ4v) is 3.11. The van der Waals surface area contributed by atoms with Crippen molar-refractivity contribution in [3.63, 3.8) is 0 Å². The Hall–Kier alpha value is -1.91. The predicted molar refractivity (Wildman–Crippen MR) is 107 cm³/mol. The van der Waals surface area contributed by atoms with E-state index in [4.69, 9.17) is 14.0 Å². The molecule has 8 nitrogen and oxygen atoms in total. The molecule has 0 spiro atoms. The largest absolute Gasteiger partial charge is 0.492 e. The highest BCUT2D eigenvalue weighted by Gasteiger charge is 2.52. The number of nitrogens with zero attached hydrogens (tertiary/aromatic N) is 1. The van der Waals surface area contributed by atoms with Gasteiger partial charge in [-0.2, -0.15) is 0 Å². The lowest BCUT2D eigenvalue weighted by Crippen LogP contribution is -2.41. The topological polar surface area (TPSA) is 107 Å². The zero-order valence-corrected chi connectivity index (χ0v) is 18.1. The second-order valence-electron chi connectivity index (χ2n) is 8.53. The number of hydrogen-bond acceptors (Lipinski definition) is 7. The smallest absolute Gasteiger partial charge is 0.476 e. The molecule has 1 aliphatic rings. The molecule has 10 heteroatoms. The van der Waals surface area contributed by atoms with Gasteiger partial charge in [0.15, 0.2) is 5.69 Å². The summed E-state index contributed by atoms with van der Waals surface area (Å²) in [5.41, 5.74) is 0.177. The Labute approximate surface area is 169 Å². The molecule has 1 saturated heterocycles. The van der Waals surface area contributed by atoms with Crippen LogP contribution in [0.4, 0.5) is 4.79 Å². The molecule has 2 N–H and O–H groups in total. The number of carbonyl (C=O) groups is 2. The van der Waals surface area contributed by atoms with E-state index >= 15 is 0 Å². The van der Waals surface area contributed by atoms with Gasteiger partial charge in [0, 0.05) is 6.54 Å². The van der Waals surface area contributed by atoms with Crippen LogP contribution in [0.5, 0.6) is 0 Å². The third kappa shape index (κ3) is 5.33. The average Bonchev–Trinajstić information content (AvgIpc) is 3.04. The molecule has 1 aromatic heterocycles. The lowest BCUT2D eigenvalue weighted by molar-refractivity contribution is 0.00578. The van der Waals surface area contributed by atoms with Crippen LogP contribution in [0.3, 0.4) is 0 Å². The quantitative estimate of drug-likeness (QED) is 0.717. The van der Waals surface area contributed by atoms with Gasteiger partial charge in [0.2, 0.25) is 0 Å². The van der Waals surface area contributed by atoms with E-state index in [2.05, 4.69) is 10.3 Å². The summed E-state index contributed by atoms with van der Waals surface area (Å²) in [6.45, 7) is 13.1. The third-order valence-electron chi connectivity index (χ3n) is 4.51. The minimum absolute atomic E-state index is 0.0590. The van der Waals surface area contributed by atoms with Crippen LogP contribution >= 0.6 is 11.3 Å². The van der Waals surface area contributed by atoms with Gasteiger partial charge in [0.25, 0.3) is 0 Å². The van der Waals surface area contributed by atoms with E-state index in [1.165, 1.54) is 16.8 Å². The van der Waals surface area contributed by atoms with Gasteiger partial charge in [-0.3, -0.25) is 0 Å². The van der Waals surface area contributed by atoms with E-state index in [0.29, 0.717) is 10.3 Å². The minimum Gasteiger partial charge on any atom is -0.476 e. The molecule has 0 unspecified atom stereocenters. The predicted octanol–water partition coefficient (Wildman–Crippen LogP) is 3.38. The van der Waals surface area contributed by atoms with Crippen LogP contribution in [0, 0.1) is 0 Å². The summed E-state index contributed by atoms with van der Waals surface area (Å²) in [5, 5.41) is 12.0. The average molecular weight is 410 g/mol. The molecular weight excluding hydrogens is 383 g/mol. The fourth-order valence-electron chi connectivity index (χ4n) is 2.37. The first-order chi connectivity index (χ1) is 12.7. The molecule has 0 aromatic carbocycles.